The van der Waals surface area contributed by atoms with Crippen LogP contribution in [0, 0.1) is 0 Å². The molecule has 0 amide bonds. The predicted molar refractivity (Wildman–Crippen MR) is 94.4 cm³/mol. The van der Waals surface area contributed by atoms with Gasteiger partial charge < -0.3 is 19.3 Å². The molecule has 1 N–H and O–H groups in total. The molecule has 136 valence electrons. The van der Waals surface area contributed by atoms with Gasteiger partial charge in [-0.15, -0.1) is 0 Å². The number of ether oxygens (including phenoxy) is 1. The summed E-state index contributed by atoms with van der Waals surface area (Å²) in [5, 5.41) is 14.9. The van der Waals surface area contributed by atoms with Gasteiger partial charge in [0, 0.05) is 12.0 Å². The van der Waals surface area contributed by atoms with Gasteiger partial charge in [-0.05, 0) is 51.1 Å². The standard InChI is InChI=1S/C19H27N3O3/c1-13(2)18-20-17(21-25-18)12-24-15-9-7-14(8-10-15)19(3,23)16-6-5-11-22(16)4/h7-10,13,16,23H,5-6,11-12H2,1-4H3/t16-,19?/m1/s1. The number of hydrogen-bond acceptors (Lipinski definition) is 6. The molecule has 1 aliphatic rings. The first-order chi connectivity index (χ1) is 11.9. The molecule has 0 saturated carbocycles. The number of hydrogen-bond donors (Lipinski definition) is 1. The van der Waals surface area contributed by atoms with Crippen molar-refractivity contribution in [1.82, 2.24) is 15.0 Å². The second-order valence-electron chi connectivity index (χ2n) is 7.30. The van der Waals surface area contributed by atoms with Gasteiger partial charge in [-0.3, -0.25) is 0 Å². The Morgan fingerprint density at radius 2 is 2.08 bits per heavy atom. The van der Waals surface area contributed by atoms with Crippen LogP contribution in [0.25, 0.3) is 0 Å². The maximum atomic E-state index is 11.0. The van der Waals surface area contributed by atoms with Gasteiger partial charge in [-0.2, -0.15) is 4.98 Å². The highest BCUT2D eigenvalue weighted by atomic mass is 16.5. The van der Waals surface area contributed by atoms with Gasteiger partial charge in [0.2, 0.25) is 11.7 Å². The molecule has 1 unspecified atom stereocenters. The van der Waals surface area contributed by atoms with Gasteiger partial charge in [0.1, 0.15) is 11.4 Å². The smallest absolute Gasteiger partial charge is 0.229 e. The molecule has 2 heterocycles. The third kappa shape index (κ3) is 3.85. The molecule has 0 spiro atoms. The minimum Gasteiger partial charge on any atom is -0.485 e. The molecule has 1 aromatic heterocycles. The minimum absolute atomic E-state index is 0.146. The van der Waals surface area contributed by atoms with Crippen LogP contribution in [-0.2, 0) is 12.2 Å². The number of likely N-dealkylation sites (N-methyl/N-ethyl adjacent to an activating group) is 1. The van der Waals surface area contributed by atoms with E-state index in [2.05, 4.69) is 22.1 Å². The van der Waals surface area contributed by atoms with Gasteiger partial charge >= 0.3 is 0 Å². The molecule has 1 fully saturated rings. The van der Waals surface area contributed by atoms with Gasteiger partial charge in [0.25, 0.3) is 0 Å². The van der Waals surface area contributed by atoms with Crippen molar-refractivity contribution in [3.63, 3.8) is 0 Å². The van der Waals surface area contributed by atoms with E-state index in [-0.39, 0.29) is 18.6 Å². The quantitative estimate of drug-likeness (QED) is 0.867. The average Bonchev–Trinajstić information content (AvgIpc) is 3.22. The van der Waals surface area contributed by atoms with Crippen LogP contribution in [0.4, 0.5) is 0 Å². The van der Waals surface area contributed by atoms with Crippen LogP contribution in [0.5, 0.6) is 5.75 Å². The number of likely N-dealkylation sites (tertiary alicyclic amines) is 1. The van der Waals surface area contributed by atoms with E-state index in [0.717, 1.165) is 30.7 Å². The van der Waals surface area contributed by atoms with Gasteiger partial charge in [0.05, 0.1) is 0 Å². The van der Waals surface area contributed by atoms with Crippen molar-refractivity contribution in [3.8, 4) is 5.75 Å². The average molecular weight is 345 g/mol. The highest BCUT2D eigenvalue weighted by molar-refractivity contribution is 5.32. The number of rotatable bonds is 6. The minimum atomic E-state index is -0.871. The Bertz CT molecular complexity index is 694. The van der Waals surface area contributed by atoms with Crippen molar-refractivity contribution in [2.24, 2.45) is 0 Å². The van der Waals surface area contributed by atoms with Crippen LogP contribution < -0.4 is 4.74 Å². The Kier molecular flexibility index (Phi) is 5.11. The number of aliphatic hydroxyl groups is 1. The highest BCUT2D eigenvalue weighted by Crippen LogP contribution is 2.34. The first-order valence-corrected chi connectivity index (χ1v) is 8.86. The van der Waals surface area contributed by atoms with Crippen molar-refractivity contribution in [3.05, 3.63) is 41.5 Å². The number of benzene rings is 1. The van der Waals surface area contributed by atoms with Gasteiger partial charge in [0.15, 0.2) is 6.61 Å². The van der Waals surface area contributed by atoms with Crippen LogP contribution in [0.1, 0.15) is 56.8 Å². The summed E-state index contributed by atoms with van der Waals surface area (Å²) in [6.45, 7) is 7.19. The van der Waals surface area contributed by atoms with E-state index in [1.807, 2.05) is 45.0 Å². The Morgan fingerprint density at radius 1 is 1.36 bits per heavy atom. The van der Waals surface area contributed by atoms with E-state index >= 15 is 0 Å². The number of nitrogens with zero attached hydrogens (tertiary/aromatic N) is 3. The zero-order valence-electron chi connectivity index (χ0n) is 15.4. The topological polar surface area (TPSA) is 71.6 Å². The molecule has 6 heteroatoms. The summed E-state index contributed by atoms with van der Waals surface area (Å²) in [4.78, 5) is 6.52. The lowest BCUT2D eigenvalue weighted by atomic mass is 9.87. The summed E-state index contributed by atoms with van der Waals surface area (Å²) in [6.07, 6.45) is 2.14. The first-order valence-electron chi connectivity index (χ1n) is 8.86. The van der Waals surface area contributed by atoms with Crippen molar-refractivity contribution in [2.75, 3.05) is 13.6 Å². The van der Waals surface area contributed by atoms with Crippen LogP contribution in [0.15, 0.2) is 28.8 Å². The fourth-order valence-electron chi connectivity index (χ4n) is 3.41. The van der Waals surface area contributed by atoms with E-state index in [9.17, 15) is 5.11 Å². The summed E-state index contributed by atoms with van der Waals surface area (Å²) < 4.78 is 10.9. The zero-order valence-corrected chi connectivity index (χ0v) is 15.4. The molecule has 1 saturated heterocycles. The lowest BCUT2D eigenvalue weighted by molar-refractivity contribution is -0.0153. The second-order valence-corrected chi connectivity index (χ2v) is 7.30. The summed E-state index contributed by atoms with van der Waals surface area (Å²) in [5.74, 6) is 2.07. The molecule has 3 rings (SSSR count). The monoisotopic (exact) mass is 345 g/mol. The fraction of sp³-hybridized carbons (Fsp3) is 0.579. The predicted octanol–water partition coefficient (Wildman–Crippen LogP) is 3.07. The second kappa shape index (κ2) is 7.14. The van der Waals surface area contributed by atoms with Crippen molar-refractivity contribution in [2.45, 2.75) is 57.8 Å². The third-order valence-electron chi connectivity index (χ3n) is 4.95. The zero-order chi connectivity index (χ0) is 18.0. The molecule has 0 aliphatic carbocycles. The van der Waals surface area contributed by atoms with E-state index in [0.29, 0.717) is 11.7 Å². The lowest BCUT2D eigenvalue weighted by Gasteiger charge is -2.35. The lowest BCUT2D eigenvalue weighted by Crippen LogP contribution is -2.43. The largest absolute Gasteiger partial charge is 0.485 e. The summed E-state index contributed by atoms with van der Waals surface area (Å²) in [6, 6.07) is 7.76. The Morgan fingerprint density at radius 3 is 2.64 bits per heavy atom. The molecule has 1 aliphatic heterocycles. The SMILES string of the molecule is CC(C)c1nc(COc2ccc(C(C)(O)[C@H]3CCCN3C)cc2)no1. The Balaban J connectivity index is 1.63. The van der Waals surface area contributed by atoms with Gasteiger partial charge in [-0.1, -0.05) is 31.1 Å². The Labute approximate surface area is 148 Å². The molecule has 1 aromatic carbocycles. The molecule has 2 atom stereocenters. The molecular formula is C19H27N3O3. The molecule has 0 bridgehead atoms. The van der Waals surface area contributed by atoms with Crippen LogP contribution >= 0.6 is 0 Å². The Hall–Kier alpha value is -1.92. The summed E-state index contributed by atoms with van der Waals surface area (Å²) >= 11 is 0. The van der Waals surface area contributed by atoms with Crippen LogP contribution in [0.2, 0.25) is 0 Å². The molecular weight excluding hydrogens is 318 g/mol. The van der Waals surface area contributed by atoms with E-state index in [4.69, 9.17) is 9.26 Å². The molecule has 0 radical (unpaired) electrons. The normalized spacial score (nSPS) is 20.8. The molecule has 6 nitrogen and oxygen atoms in total. The summed E-state index contributed by atoms with van der Waals surface area (Å²) in [7, 11) is 2.07. The molecule has 2 aromatic rings. The van der Waals surface area contributed by atoms with Crippen LogP contribution in [0.3, 0.4) is 0 Å². The van der Waals surface area contributed by atoms with E-state index in [1.165, 1.54) is 0 Å². The third-order valence-corrected chi connectivity index (χ3v) is 4.95. The summed E-state index contributed by atoms with van der Waals surface area (Å²) in [5.41, 5.74) is 0.0316. The van der Waals surface area contributed by atoms with Crippen molar-refractivity contribution < 1.29 is 14.4 Å². The van der Waals surface area contributed by atoms with Crippen LogP contribution in [-0.4, -0.2) is 39.8 Å². The molecule has 25 heavy (non-hydrogen) atoms. The maximum Gasteiger partial charge on any atom is 0.229 e. The van der Waals surface area contributed by atoms with E-state index < -0.39 is 5.60 Å². The highest BCUT2D eigenvalue weighted by Gasteiger charge is 2.38. The maximum absolute atomic E-state index is 11.0. The van der Waals surface area contributed by atoms with Gasteiger partial charge in [-0.25, -0.2) is 0 Å². The van der Waals surface area contributed by atoms with E-state index in [1.54, 1.807) is 0 Å². The van der Waals surface area contributed by atoms with Crippen molar-refractivity contribution in [1.29, 1.82) is 0 Å². The van der Waals surface area contributed by atoms with Crippen molar-refractivity contribution >= 4 is 0 Å². The number of aromatic nitrogens is 2. The fourth-order valence-corrected chi connectivity index (χ4v) is 3.41. The first kappa shape index (κ1) is 17.9.